The molecule has 6 aromatic carbocycles. The third-order valence-corrected chi connectivity index (χ3v) is 26.0. The number of benzene rings is 6. The van der Waals surface area contributed by atoms with Gasteiger partial charge in [-0.05, 0) is 284 Å². The molecule has 0 unspecified atom stereocenters. The molecule has 3 heterocycles. The standard InChI is InChI=1S/C81H97BN2O/c1-47-31-55-59(77(10,11)27-23-73(55,2)3)40-64(47)84-68-36-52(81-44-48-32-49(45-81)34-50(33-48)46-81)35-67-70(68)82(72-71(84)54-38-57-62(43-69(54)85-72)80(16,17)30-25-75(57,6)7)63-39-58-61(79(14,15)29-26-76(58,8)9)42-66(63)83(67)65-41-60-56(74(4,5)24-28-78(60,12)13)37-53(65)51-21-19-18-20-22-51/h18-22,31,35-43,48-50H,23-30,32-34,44-46H2,1-17H3. The third kappa shape index (κ3) is 7.75. The van der Waals surface area contributed by atoms with Gasteiger partial charge in [-0.1, -0.05) is 153 Å². The molecule has 0 saturated heterocycles. The molecule has 0 atom stereocenters. The summed E-state index contributed by atoms with van der Waals surface area (Å²) in [6.45, 7) is 42.6. The van der Waals surface area contributed by atoms with Crippen molar-refractivity contribution in [2.24, 2.45) is 17.8 Å². The summed E-state index contributed by atoms with van der Waals surface area (Å²) in [5.41, 5.74) is 31.0. The second-order valence-electron chi connectivity index (χ2n) is 35.4. The molecule has 4 saturated carbocycles. The average molecular weight is 1130 g/mol. The topological polar surface area (TPSA) is 19.6 Å². The number of rotatable bonds is 4. The molecule has 10 aliphatic rings. The van der Waals surface area contributed by atoms with E-state index in [0.29, 0.717) is 0 Å². The average Bonchev–Trinajstić information content (AvgIpc) is 1.72. The van der Waals surface area contributed by atoms with Crippen molar-refractivity contribution in [2.45, 2.75) is 256 Å². The van der Waals surface area contributed by atoms with Crippen LogP contribution in [-0.4, -0.2) is 6.71 Å². The molecule has 17 rings (SSSR count). The number of fused-ring (bicyclic) bond motifs is 10. The summed E-state index contributed by atoms with van der Waals surface area (Å²) in [6, 6.07) is 38.7. The van der Waals surface area contributed by atoms with Crippen molar-refractivity contribution in [1.82, 2.24) is 0 Å². The van der Waals surface area contributed by atoms with E-state index in [0.717, 1.165) is 41.8 Å². The van der Waals surface area contributed by atoms with Crippen LogP contribution in [0.15, 0.2) is 95.4 Å². The minimum Gasteiger partial charge on any atom is -0.468 e. The van der Waals surface area contributed by atoms with Crippen molar-refractivity contribution in [2.75, 3.05) is 9.80 Å². The minimum atomic E-state index is -0.133. The smallest absolute Gasteiger partial charge is 0.297 e. The summed E-state index contributed by atoms with van der Waals surface area (Å²) in [5.74, 6) is 2.43. The van der Waals surface area contributed by atoms with E-state index < -0.39 is 0 Å². The van der Waals surface area contributed by atoms with Gasteiger partial charge in [-0.3, -0.25) is 0 Å². The van der Waals surface area contributed by atoms with Gasteiger partial charge in [0.05, 0.1) is 17.0 Å². The molecule has 0 amide bonds. The second kappa shape index (κ2) is 17.2. The lowest BCUT2D eigenvalue weighted by molar-refractivity contribution is -0.00514. The van der Waals surface area contributed by atoms with E-state index in [2.05, 4.69) is 218 Å². The van der Waals surface area contributed by atoms with E-state index in [-0.39, 0.29) is 55.4 Å². The summed E-state index contributed by atoms with van der Waals surface area (Å²) < 4.78 is 8.07. The number of anilines is 6. The highest BCUT2D eigenvalue weighted by molar-refractivity contribution is 7.00. The lowest BCUT2D eigenvalue weighted by atomic mass is 9.35. The Labute approximate surface area is 511 Å². The van der Waals surface area contributed by atoms with Gasteiger partial charge in [0, 0.05) is 33.7 Å². The second-order valence-corrected chi connectivity index (χ2v) is 35.4. The molecule has 3 nitrogen and oxygen atoms in total. The van der Waals surface area contributed by atoms with Gasteiger partial charge < -0.3 is 14.2 Å². The molecule has 2 aliphatic heterocycles. The predicted octanol–water partition coefficient (Wildman–Crippen LogP) is 20.4. The zero-order valence-corrected chi connectivity index (χ0v) is 55.2. The van der Waals surface area contributed by atoms with Crippen LogP contribution in [-0.2, 0) is 48.7 Å². The maximum atomic E-state index is 8.07. The fraction of sp³-hybridized carbons (Fsp3) is 0.531. The van der Waals surface area contributed by atoms with Gasteiger partial charge in [-0.15, -0.1) is 0 Å². The Kier molecular flexibility index (Phi) is 11.1. The van der Waals surface area contributed by atoms with Crippen LogP contribution >= 0.6 is 0 Å². The summed E-state index contributed by atoms with van der Waals surface area (Å²) >= 11 is 0. The zero-order valence-electron chi connectivity index (χ0n) is 55.2. The highest BCUT2D eigenvalue weighted by Gasteiger charge is 2.56. The molecule has 85 heavy (non-hydrogen) atoms. The van der Waals surface area contributed by atoms with E-state index in [9.17, 15) is 0 Å². The highest BCUT2D eigenvalue weighted by atomic mass is 16.3. The quantitative estimate of drug-likeness (QED) is 0.164. The van der Waals surface area contributed by atoms with Crippen LogP contribution in [0, 0.1) is 24.7 Å². The Morgan fingerprint density at radius 2 is 0.824 bits per heavy atom. The molecule has 4 heteroatoms. The van der Waals surface area contributed by atoms with E-state index in [1.165, 1.54) is 189 Å². The first kappa shape index (κ1) is 54.9. The van der Waals surface area contributed by atoms with Crippen LogP contribution in [0.25, 0.3) is 22.1 Å². The molecule has 0 N–H and O–H groups in total. The lowest BCUT2D eigenvalue weighted by Crippen LogP contribution is -2.61. The van der Waals surface area contributed by atoms with E-state index in [1.807, 2.05) is 0 Å². The van der Waals surface area contributed by atoms with Gasteiger partial charge in [0.1, 0.15) is 5.58 Å². The fourth-order valence-corrected chi connectivity index (χ4v) is 20.5. The molecule has 0 spiro atoms. The van der Waals surface area contributed by atoms with Crippen LogP contribution in [0.3, 0.4) is 0 Å². The normalized spacial score (nSPS) is 27.3. The van der Waals surface area contributed by atoms with Gasteiger partial charge in [0.2, 0.25) is 0 Å². The van der Waals surface area contributed by atoms with Crippen molar-refractivity contribution in [3.8, 4) is 11.1 Å². The van der Waals surface area contributed by atoms with Crippen LogP contribution in [0.4, 0.5) is 34.1 Å². The van der Waals surface area contributed by atoms with Crippen LogP contribution in [0.5, 0.6) is 0 Å². The maximum Gasteiger partial charge on any atom is 0.297 e. The molecule has 4 fully saturated rings. The molecule has 4 bridgehead atoms. The van der Waals surface area contributed by atoms with Gasteiger partial charge in [-0.25, -0.2) is 0 Å². The van der Waals surface area contributed by atoms with Crippen molar-refractivity contribution in [3.63, 3.8) is 0 Å². The number of aryl methyl sites for hydroxylation is 1. The Balaban J connectivity index is 1.09. The lowest BCUT2D eigenvalue weighted by Gasteiger charge is -2.57. The minimum absolute atomic E-state index is 0.00104. The Bertz CT molecular complexity index is 4000. The molecule has 7 aromatic rings. The van der Waals surface area contributed by atoms with Gasteiger partial charge in [0.15, 0.2) is 0 Å². The van der Waals surface area contributed by atoms with E-state index in [1.54, 1.807) is 5.56 Å². The number of furan rings is 1. The van der Waals surface area contributed by atoms with Crippen LogP contribution in [0.1, 0.15) is 256 Å². The Hall–Kier alpha value is -5.48. The molecular weight excluding hydrogens is 1030 g/mol. The van der Waals surface area contributed by atoms with Gasteiger partial charge in [-0.2, -0.15) is 0 Å². The summed E-state index contributed by atoms with van der Waals surface area (Å²) in [7, 11) is 0. The zero-order chi connectivity index (χ0) is 59.5. The SMILES string of the molecule is Cc1cc2c(cc1N1c3cc(C45CC6CC(CC(C6)C4)C5)cc4c3B(c3cc5c(cc3N4c3cc4c(cc3-c3ccccc3)C(C)(C)CCC4(C)C)C(C)(C)CCC5(C)C)c3oc4cc5c(cc4c31)C(C)(C)CCC5(C)C)C(C)(C)CCC2(C)C. The third-order valence-electron chi connectivity index (χ3n) is 26.0. The monoisotopic (exact) mass is 1120 g/mol. The summed E-state index contributed by atoms with van der Waals surface area (Å²) in [4.78, 5) is 5.75. The summed E-state index contributed by atoms with van der Waals surface area (Å²) in [6.07, 6.45) is 17.6. The first-order valence-corrected chi connectivity index (χ1v) is 33.9. The van der Waals surface area contributed by atoms with Crippen LogP contribution < -0.4 is 26.4 Å². The molecule has 440 valence electrons. The first-order chi connectivity index (χ1) is 39.9. The molecular formula is C81H97BN2O. The van der Waals surface area contributed by atoms with Crippen molar-refractivity contribution in [1.29, 1.82) is 0 Å². The molecule has 0 radical (unpaired) electrons. The molecule has 1 aromatic heterocycles. The largest absolute Gasteiger partial charge is 0.468 e. The van der Waals surface area contributed by atoms with Crippen molar-refractivity contribution in [3.05, 3.63) is 147 Å². The van der Waals surface area contributed by atoms with E-state index in [4.69, 9.17) is 4.42 Å². The van der Waals surface area contributed by atoms with E-state index >= 15 is 0 Å². The fourth-order valence-electron chi connectivity index (χ4n) is 20.5. The van der Waals surface area contributed by atoms with Crippen molar-refractivity contribution >= 4 is 68.4 Å². The van der Waals surface area contributed by atoms with Gasteiger partial charge >= 0.3 is 0 Å². The Morgan fingerprint density at radius 3 is 1.33 bits per heavy atom. The van der Waals surface area contributed by atoms with Gasteiger partial charge in [0.25, 0.3) is 6.71 Å². The number of nitrogens with zero attached hydrogens (tertiary/aromatic N) is 2. The number of hydrogen-bond donors (Lipinski definition) is 0. The Morgan fingerprint density at radius 1 is 0.412 bits per heavy atom. The van der Waals surface area contributed by atoms with Crippen LogP contribution in [0.2, 0.25) is 0 Å². The predicted molar refractivity (Wildman–Crippen MR) is 361 cm³/mol. The number of hydrogen-bond acceptors (Lipinski definition) is 3. The first-order valence-electron chi connectivity index (χ1n) is 33.9. The summed E-state index contributed by atoms with van der Waals surface area (Å²) in [5, 5.41) is 1.28. The molecule has 8 aliphatic carbocycles. The highest BCUT2D eigenvalue weighted by Crippen LogP contribution is 2.64. The van der Waals surface area contributed by atoms with Crippen molar-refractivity contribution < 1.29 is 4.42 Å². The maximum absolute atomic E-state index is 8.07.